The molecule has 19 heavy (non-hydrogen) atoms. The van der Waals surface area contributed by atoms with E-state index in [0.29, 0.717) is 12.2 Å². The van der Waals surface area contributed by atoms with E-state index >= 15 is 0 Å². The van der Waals surface area contributed by atoms with Crippen molar-refractivity contribution in [3.8, 4) is 5.75 Å². The molecule has 0 aliphatic carbocycles. The number of rotatable bonds is 4. The summed E-state index contributed by atoms with van der Waals surface area (Å²) < 4.78 is 0. The predicted octanol–water partition coefficient (Wildman–Crippen LogP) is 2.41. The molecule has 6 N–H and O–H groups in total. The first-order valence-electron chi connectivity index (χ1n) is 6.22. The Morgan fingerprint density at radius 1 is 1.11 bits per heavy atom. The van der Waals surface area contributed by atoms with Crippen LogP contribution in [0, 0.1) is 0 Å². The minimum atomic E-state index is 0.109. The van der Waals surface area contributed by atoms with Crippen molar-refractivity contribution in [1.29, 1.82) is 0 Å². The molecule has 0 bridgehead atoms. The first-order chi connectivity index (χ1) is 9.06. The highest BCUT2D eigenvalue weighted by molar-refractivity contribution is 5.56. The molecular formula is C15H19N3O. The van der Waals surface area contributed by atoms with Gasteiger partial charge in [-0.2, -0.15) is 0 Å². The summed E-state index contributed by atoms with van der Waals surface area (Å²) in [7, 11) is 0. The highest BCUT2D eigenvalue weighted by Gasteiger charge is 2.09. The second-order valence-electron chi connectivity index (χ2n) is 4.66. The Balaban J connectivity index is 2.03. The van der Waals surface area contributed by atoms with Crippen LogP contribution in [0.25, 0.3) is 0 Å². The number of anilines is 2. The molecule has 0 saturated heterocycles. The zero-order chi connectivity index (χ0) is 13.8. The quantitative estimate of drug-likeness (QED) is 0.634. The third-order valence-corrected chi connectivity index (χ3v) is 3.13. The van der Waals surface area contributed by atoms with Crippen molar-refractivity contribution in [2.75, 3.05) is 11.5 Å². The van der Waals surface area contributed by atoms with E-state index in [9.17, 15) is 5.11 Å². The van der Waals surface area contributed by atoms with E-state index in [0.717, 1.165) is 16.8 Å². The number of aromatic hydroxyl groups is 1. The number of nitrogens with one attached hydrogen (secondary N) is 1. The highest BCUT2D eigenvalue weighted by atomic mass is 16.3. The molecule has 2 rings (SSSR count). The van der Waals surface area contributed by atoms with E-state index in [1.807, 2.05) is 31.2 Å². The van der Waals surface area contributed by atoms with Crippen LogP contribution in [0.3, 0.4) is 0 Å². The molecule has 2 aromatic rings. The van der Waals surface area contributed by atoms with Gasteiger partial charge in [0.05, 0.1) is 0 Å². The zero-order valence-corrected chi connectivity index (χ0v) is 10.9. The summed E-state index contributed by atoms with van der Waals surface area (Å²) >= 11 is 0. The topological polar surface area (TPSA) is 84.3 Å². The molecule has 0 radical (unpaired) electrons. The lowest BCUT2D eigenvalue weighted by Crippen LogP contribution is -2.19. The molecule has 1 unspecified atom stereocenters. The van der Waals surface area contributed by atoms with Crippen LogP contribution in [0.5, 0.6) is 5.75 Å². The first kappa shape index (κ1) is 13.2. The maximum Gasteiger partial charge on any atom is 0.115 e. The fourth-order valence-corrected chi connectivity index (χ4v) is 1.96. The van der Waals surface area contributed by atoms with Crippen molar-refractivity contribution >= 4 is 11.4 Å². The van der Waals surface area contributed by atoms with E-state index < -0.39 is 0 Å². The Morgan fingerprint density at radius 2 is 1.79 bits per heavy atom. The van der Waals surface area contributed by atoms with Crippen molar-refractivity contribution in [2.24, 2.45) is 0 Å². The second-order valence-corrected chi connectivity index (χ2v) is 4.66. The number of phenolic OH excluding ortho intramolecular Hbond substituents is 1. The van der Waals surface area contributed by atoms with Gasteiger partial charge in [-0.25, -0.2) is 0 Å². The van der Waals surface area contributed by atoms with Crippen LogP contribution < -0.4 is 16.8 Å². The molecule has 0 saturated carbocycles. The van der Waals surface area contributed by atoms with Crippen LogP contribution >= 0.6 is 0 Å². The minimum absolute atomic E-state index is 0.109. The van der Waals surface area contributed by atoms with Gasteiger partial charge in [-0.05, 0) is 48.4 Å². The van der Waals surface area contributed by atoms with Crippen molar-refractivity contribution < 1.29 is 5.11 Å². The molecule has 4 nitrogen and oxygen atoms in total. The summed E-state index contributed by atoms with van der Waals surface area (Å²) in [5.74, 6) is 0.275. The van der Waals surface area contributed by atoms with Crippen molar-refractivity contribution in [2.45, 2.75) is 19.5 Å². The lowest BCUT2D eigenvalue weighted by Gasteiger charge is -2.17. The van der Waals surface area contributed by atoms with E-state index in [2.05, 4.69) is 5.32 Å². The summed E-state index contributed by atoms with van der Waals surface area (Å²) in [5.41, 5.74) is 15.3. The van der Waals surface area contributed by atoms with Gasteiger partial charge in [-0.1, -0.05) is 12.1 Å². The number of hydrogen-bond acceptors (Lipinski definition) is 4. The van der Waals surface area contributed by atoms with Gasteiger partial charge < -0.3 is 21.9 Å². The van der Waals surface area contributed by atoms with Gasteiger partial charge in [-0.3, -0.25) is 0 Å². The van der Waals surface area contributed by atoms with Crippen LogP contribution in [-0.2, 0) is 6.54 Å². The smallest absolute Gasteiger partial charge is 0.115 e. The molecule has 0 aliphatic rings. The lowest BCUT2D eigenvalue weighted by molar-refractivity contribution is 0.474. The number of nitrogens with two attached hydrogens (primary N) is 2. The van der Waals surface area contributed by atoms with Gasteiger partial charge in [0.15, 0.2) is 0 Å². The molecule has 100 valence electrons. The van der Waals surface area contributed by atoms with Gasteiger partial charge >= 0.3 is 0 Å². The molecule has 0 spiro atoms. The molecule has 1 atom stereocenters. The van der Waals surface area contributed by atoms with Crippen molar-refractivity contribution in [1.82, 2.24) is 5.32 Å². The molecule has 2 aromatic carbocycles. The Hall–Kier alpha value is -2.20. The maximum absolute atomic E-state index is 9.23. The van der Waals surface area contributed by atoms with Crippen LogP contribution in [0.2, 0.25) is 0 Å². The van der Waals surface area contributed by atoms with Gasteiger partial charge in [0.25, 0.3) is 0 Å². The van der Waals surface area contributed by atoms with Crippen molar-refractivity contribution in [3.63, 3.8) is 0 Å². The van der Waals surface area contributed by atoms with Gasteiger partial charge in [0.1, 0.15) is 5.75 Å². The standard InChI is InChI=1S/C15H19N3O/c1-10(14-8-12(16)4-7-15(14)17)18-9-11-2-5-13(19)6-3-11/h2-8,10,18-19H,9,16-17H2,1H3. The summed E-state index contributed by atoms with van der Waals surface area (Å²) in [4.78, 5) is 0. The number of phenols is 1. The van der Waals surface area contributed by atoms with E-state index in [-0.39, 0.29) is 11.8 Å². The average molecular weight is 257 g/mol. The van der Waals surface area contributed by atoms with Gasteiger partial charge in [-0.15, -0.1) is 0 Å². The molecule has 0 aromatic heterocycles. The monoisotopic (exact) mass is 257 g/mol. The highest BCUT2D eigenvalue weighted by Crippen LogP contribution is 2.23. The maximum atomic E-state index is 9.23. The second kappa shape index (κ2) is 5.63. The molecule has 0 fully saturated rings. The summed E-state index contributed by atoms with van der Waals surface area (Å²) in [6.07, 6.45) is 0. The summed E-state index contributed by atoms with van der Waals surface area (Å²) in [6.45, 7) is 2.75. The SMILES string of the molecule is CC(NCc1ccc(O)cc1)c1cc(N)ccc1N. The number of hydrogen-bond donors (Lipinski definition) is 4. The summed E-state index contributed by atoms with van der Waals surface area (Å²) in [6, 6.07) is 12.7. The Bertz CT molecular complexity index is 552. The average Bonchev–Trinajstić information content (AvgIpc) is 2.40. The van der Waals surface area contributed by atoms with Crippen LogP contribution in [0.4, 0.5) is 11.4 Å². The molecule has 0 heterocycles. The van der Waals surface area contributed by atoms with E-state index in [1.54, 1.807) is 18.2 Å². The van der Waals surface area contributed by atoms with Crippen molar-refractivity contribution in [3.05, 3.63) is 53.6 Å². The Kier molecular flexibility index (Phi) is 3.92. The van der Waals surface area contributed by atoms with Crippen LogP contribution in [-0.4, -0.2) is 5.11 Å². The fourth-order valence-electron chi connectivity index (χ4n) is 1.96. The lowest BCUT2D eigenvalue weighted by atomic mass is 10.0. The molecular weight excluding hydrogens is 238 g/mol. The zero-order valence-electron chi connectivity index (χ0n) is 10.9. The van der Waals surface area contributed by atoms with E-state index in [1.165, 1.54) is 0 Å². The first-order valence-corrected chi connectivity index (χ1v) is 6.22. The Morgan fingerprint density at radius 3 is 2.47 bits per heavy atom. The third-order valence-electron chi connectivity index (χ3n) is 3.13. The largest absolute Gasteiger partial charge is 0.508 e. The molecule has 4 heteroatoms. The van der Waals surface area contributed by atoms with Gasteiger partial charge in [0.2, 0.25) is 0 Å². The normalized spacial score (nSPS) is 12.3. The van der Waals surface area contributed by atoms with Crippen LogP contribution in [0.15, 0.2) is 42.5 Å². The van der Waals surface area contributed by atoms with Crippen LogP contribution in [0.1, 0.15) is 24.1 Å². The number of nitrogen functional groups attached to an aromatic ring is 2. The minimum Gasteiger partial charge on any atom is -0.508 e. The Labute approximate surface area is 113 Å². The van der Waals surface area contributed by atoms with E-state index in [4.69, 9.17) is 11.5 Å². The third kappa shape index (κ3) is 3.39. The number of benzene rings is 2. The summed E-state index contributed by atoms with van der Waals surface area (Å²) in [5, 5.41) is 12.6. The molecule has 0 amide bonds. The predicted molar refractivity (Wildman–Crippen MR) is 78.6 cm³/mol. The van der Waals surface area contributed by atoms with Gasteiger partial charge in [0, 0.05) is 24.0 Å². The molecule has 0 aliphatic heterocycles. The fraction of sp³-hybridized carbons (Fsp3) is 0.200.